The van der Waals surface area contributed by atoms with Gasteiger partial charge in [-0.05, 0) is 30.5 Å². The van der Waals surface area contributed by atoms with Crippen molar-refractivity contribution in [3.63, 3.8) is 0 Å². The van der Waals surface area contributed by atoms with Crippen LogP contribution in [0.5, 0.6) is 0 Å². The van der Waals surface area contributed by atoms with Crippen molar-refractivity contribution < 1.29 is 28.7 Å². The van der Waals surface area contributed by atoms with Gasteiger partial charge in [-0.1, -0.05) is 91.0 Å². The molecule has 0 aliphatic carbocycles. The minimum absolute atomic E-state index is 0.0245. The second-order valence-corrected chi connectivity index (χ2v) is 9.00. The first kappa shape index (κ1) is 29.1. The minimum Gasteiger partial charge on any atom is -0.466 e. The quantitative estimate of drug-likeness (QED) is 0.257. The van der Waals surface area contributed by atoms with Crippen LogP contribution in [-0.4, -0.2) is 43.0 Å². The van der Waals surface area contributed by atoms with E-state index < -0.39 is 47.5 Å². The summed E-state index contributed by atoms with van der Waals surface area (Å²) < 4.78 is 10.1. The molecule has 0 aromatic heterocycles. The third-order valence-corrected chi connectivity index (χ3v) is 6.53. The predicted octanol–water partition coefficient (Wildman–Crippen LogP) is 3.51. The summed E-state index contributed by atoms with van der Waals surface area (Å²) in [6.07, 6.45) is -0.578. The largest absolute Gasteiger partial charge is 0.466 e. The van der Waals surface area contributed by atoms with Gasteiger partial charge >= 0.3 is 11.9 Å². The molecule has 0 radical (unpaired) electrons. The van der Waals surface area contributed by atoms with E-state index in [1.165, 1.54) is 0 Å². The molecule has 2 amide bonds. The summed E-state index contributed by atoms with van der Waals surface area (Å²) in [6, 6.07) is 27.3. The number of rotatable bonds is 13. The van der Waals surface area contributed by atoms with Crippen molar-refractivity contribution in [1.82, 2.24) is 5.32 Å². The van der Waals surface area contributed by atoms with Crippen LogP contribution in [0.25, 0.3) is 0 Å². The van der Waals surface area contributed by atoms with E-state index in [4.69, 9.17) is 15.2 Å². The van der Waals surface area contributed by atoms with Crippen LogP contribution in [0.1, 0.15) is 43.4 Å². The standard InChI is InChI=1S/C31H34N2O6/c1-3-38-27(35)20-25(30(37)39-4-2)28(29(32)36)33-26(34)21-31(22-14-8-5-9-15-22,23-16-10-6-11-17-23)24-18-12-7-13-19-24/h5-19,25,28H,3-4,20-21H2,1-2H3,(H2,32,36)(H,33,34)/t25-,28-/m1/s1. The summed E-state index contributed by atoms with van der Waals surface area (Å²) in [7, 11) is 0. The second-order valence-electron chi connectivity index (χ2n) is 9.00. The number of esters is 2. The molecule has 3 aromatic rings. The highest BCUT2D eigenvalue weighted by Gasteiger charge is 2.41. The summed E-state index contributed by atoms with van der Waals surface area (Å²) in [4.78, 5) is 51.4. The van der Waals surface area contributed by atoms with E-state index in [0.717, 1.165) is 16.7 Å². The van der Waals surface area contributed by atoms with Crippen molar-refractivity contribution >= 4 is 23.8 Å². The highest BCUT2D eigenvalue weighted by molar-refractivity contribution is 5.93. The van der Waals surface area contributed by atoms with Crippen LogP contribution in [0.2, 0.25) is 0 Å². The van der Waals surface area contributed by atoms with Crippen LogP contribution in [-0.2, 0) is 34.1 Å². The third kappa shape index (κ3) is 7.10. The lowest BCUT2D eigenvalue weighted by atomic mass is 9.67. The van der Waals surface area contributed by atoms with Crippen molar-refractivity contribution in [1.29, 1.82) is 0 Å². The van der Waals surface area contributed by atoms with Gasteiger partial charge in [0.15, 0.2) is 0 Å². The van der Waals surface area contributed by atoms with Crippen molar-refractivity contribution in [2.24, 2.45) is 11.7 Å². The van der Waals surface area contributed by atoms with Gasteiger partial charge in [-0.15, -0.1) is 0 Å². The zero-order valence-corrected chi connectivity index (χ0v) is 22.2. The second kappa shape index (κ2) is 13.9. The van der Waals surface area contributed by atoms with E-state index in [1.54, 1.807) is 13.8 Å². The molecule has 2 atom stereocenters. The number of hydrogen-bond acceptors (Lipinski definition) is 6. The van der Waals surface area contributed by atoms with Crippen molar-refractivity contribution in [3.05, 3.63) is 108 Å². The minimum atomic E-state index is -1.49. The molecule has 0 heterocycles. The maximum atomic E-state index is 13.8. The maximum Gasteiger partial charge on any atom is 0.312 e. The van der Waals surface area contributed by atoms with E-state index in [0.29, 0.717) is 0 Å². The van der Waals surface area contributed by atoms with Gasteiger partial charge in [0.05, 0.1) is 31.0 Å². The van der Waals surface area contributed by atoms with Crippen LogP contribution in [0, 0.1) is 5.92 Å². The number of hydrogen-bond donors (Lipinski definition) is 2. The molecule has 0 unspecified atom stereocenters. The Morgan fingerprint density at radius 1 is 0.744 bits per heavy atom. The molecule has 0 aliphatic rings. The Kier molecular flexibility index (Phi) is 10.4. The zero-order chi connectivity index (χ0) is 28.3. The van der Waals surface area contributed by atoms with Crippen molar-refractivity contribution in [2.45, 2.75) is 38.1 Å². The van der Waals surface area contributed by atoms with E-state index in [1.807, 2.05) is 91.0 Å². The molecular formula is C31H34N2O6. The van der Waals surface area contributed by atoms with Crippen LogP contribution in [0.15, 0.2) is 91.0 Å². The van der Waals surface area contributed by atoms with Gasteiger partial charge in [0.25, 0.3) is 0 Å². The van der Waals surface area contributed by atoms with E-state index in [-0.39, 0.29) is 19.6 Å². The number of nitrogens with one attached hydrogen (secondary N) is 1. The third-order valence-electron chi connectivity index (χ3n) is 6.53. The number of benzene rings is 3. The average Bonchev–Trinajstić information content (AvgIpc) is 2.95. The molecule has 0 bridgehead atoms. The SMILES string of the molecule is CCOC(=O)C[C@@H](C(=O)OCC)[C@@H](NC(=O)CC(c1ccccc1)(c1ccccc1)c1ccccc1)C(N)=O. The number of ether oxygens (including phenoxy) is 2. The molecule has 3 N–H and O–H groups in total. The molecule has 39 heavy (non-hydrogen) atoms. The Hall–Kier alpha value is -4.46. The summed E-state index contributed by atoms with van der Waals surface area (Å²) >= 11 is 0. The van der Waals surface area contributed by atoms with Crippen LogP contribution in [0.3, 0.4) is 0 Å². The number of carbonyl (C=O) groups excluding carboxylic acids is 4. The van der Waals surface area contributed by atoms with Crippen LogP contribution < -0.4 is 11.1 Å². The van der Waals surface area contributed by atoms with E-state index in [2.05, 4.69) is 5.32 Å². The number of nitrogens with two attached hydrogens (primary N) is 1. The predicted molar refractivity (Wildman–Crippen MR) is 146 cm³/mol. The molecule has 0 aliphatic heterocycles. The number of carbonyl (C=O) groups is 4. The smallest absolute Gasteiger partial charge is 0.312 e. The average molecular weight is 531 g/mol. The van der Waals surface area contributed by atoms with Crippen molar-refractivity contribution in [3.8, 4) is 0 Å². The first-order valence-corrected chi connectivity index (χ1v) is 12.9. The maximum absolute atomic E-state index is 13.8. The highest BCUT2D eigenvalue weighted by Crippen LogP contribution is 2.42. The van der Waals surface area contributed by atoms with Gasteiger partial charge in [-0.2, -0.15) is 0 Å². The fraction of sp³-hybridized carbons (Fsp3) is 0.290. The number of primary amides is 1. The summed E-state index contributed by atoms with van der Waals surface area (Å²) in [5.74, 6) is -4.37. The van der Waals surface area contributed by atoms with Gasteiger partial charge < -0.3 is 20.5 Å². The van der Waals surface area contributed by atoms with Crippen LogP contribution >= 0.6 is 0 Å². The lowest BCUT2D eigenvalue weighted by Gasteiger charge is -2.36. The van der Waals surface area contributed by atoms with E-state index >= 15 is 0 Å². The van der Waals surface area contributed by atoms with E-state index in [9.17, 15) is 19.2 Å². The highest BCUT2D eigenvalue weighted by atomic mass is 16.5. The Morgan fingerprint density at radius 2 is 1.18 bits per heavy atom. The Balaban J connectivity index is 2.06. The topological polar surface area (TPSA) is 125 Å². The van der Waals surface area contributed by atoms with Gasteiger partial charge in [0.1, 0.15) is 6.04 Å². The van der Waals surface area contributed by atoms with Gasteiger partial charge in [0, 0.05) is 6.42 Å². The molecule has 8 nitrogen and oxygen atoms in total. The van der Waals surface area contributed by atoms with Gasteiger partial charge in [-0.3, -0.25) is 19.2 Å². The van der Waals surface area contributed by atoms with Crippen molar-refractivity contribution in [2.75, 3.05) is 13.2 Å². The first-order valence-electron chi connectivity index (χ1n) is 12.9. The Labute approximate surface area is 228 Å². The normalized spacial score (nSPS) is 12.6. The molecule has 0 saturated carbocycles. The molecular weight excluding hydrogens is 496 g/mol. The molecule has 204 valence electrons. The molecule has 3 rings (SSSR count). The molecule has 0 saturated heterocycles. The summed E-state index contributed by atoms with van der Waals surface area (Å²) in [5.41, 5.74) is 7.31. The van der Waals surface area contributed by atoms with Gasteiger partial charge in [0.2, 0.25) is 11.8 Å². The first-order chi connectivity index (χ1) is 18.8. The lowest BCUT2D eigenvalue weighted by Crippen LogP contribution is -2.53. The fourth-order valence-electron chi connectivity index (χ4n) is 4.80. The molecule has 0 fully saturated rings. The van der Waals surface area contributed by atoms with Gasteiger partial charge in [-0.25, -0.2) is 0 Å². The summed E-state index contributed by atoms with van der Waals surface area (Å²) in [6.45, 7) is 3.35. The molecule has 3 aromatic carbocycles. The Bertz CT molecular complexity index is 1150. The summed E-state index contributed by atoms with van der Waals surface area (Å²) in [5, 5.41) is 2.65. The lowest BCUT2D eigenvalue weighted by molar-refractivity contribution is -0.157. The fourth-order valence-corrected chi connectivity index (χ4v) is 4.80. The monoisotopic (exact) mass is 530 g/mol. The van der Waals surface area contributed by atoms with Crippen LogP contribution in [0.4, 0.5) is 0 Å². The molecule has 0 spiro atoms. The molecule has 8 heteroatoms. The number of amides is 2. The zero-order valence-electron chi connectivity index (χ0n) is 22.2. The Morgan fingerprint density at radius 3 is 1.56 bits per heavy atom.